The van der Waals surface area contributed by atoms with Crippen LogP contribution in [0.3, 0.4) is 0 Å². The van der Waals surface area contributed by atoms with E-state index in [4.69, 9.17) is 16.7 Å². The number of primary amides is 1. The first-order valence-electron chi connectivity index (χ1n) is 9.61. The van der Waals surface area contributed by atoms with Crippen molar-refractivity contribution >= 4 is 17.6 Å². The molecule has 0 aliphatic heterocycles. The summed E-state index contributed by atoms with van der Waals surface area (Å²) in [5.74, 6) is -2.47. The summed E-state index contributed by atoms with van der Waals surface area (Å²) >= 11 is 0. The van der Waals surface area contributed by atoms with E-state index in [2.05, 4.69) is 15.6 Å². The number of nitrogens with one attached hydrogen (secondary N) is 2. The lowest BCUT2D eigenvalue weighted by molar-refractivity contribution is 0.0186. The molecule has 0 spiro atoms. The molecule has 3 atom stereocenters. The summed E-state index contributed by atoms with van der Waals surface area (Å²) in [6, 6.07) is 3.65. The number of hydrogen-bond acceptors (Lipinski definition) is 5. The van der Waals surface area contributed by atoms with E-state index in [0.717, 1.165) is 6.07 Å². The second-order valence-electron chi connectivity index (χ2n) is 7.75. The Morgan fingerprint density at radius 3 is 2.47 bits per heavy atom. The van der Waals surface area contributed by atoms with Gasteiger partial charge in [-0.15, -0.1) is 0 Å². The minimum absolute atomic E-state index is 0.0221. The highest BCUT2D eigenvalue weighted by molar-refractivity contribution is 6.04. The number of benzene rings is 1. The maximum Gasteiger partial charge on any atom is 0.313 e. The Balaban J connectivity index is 2.06. The van der Waals surface area contributed by atoms with E-state index in [9.17, 15) is 22.8 Å². The summed E-state index contributed by atoms with van der Waals surface area (Å²) in [4.78, 5) is 28.2. The Hall–Kier alpha value is -3.65. The molecule has 1 fully saturated rings. The normalized spacial score (nSPS) is 19.1. The van der Waals surface area contributed by atoms with E-state index in [1.54, 1.807) is 6.92 Å². The number of hydrogen-bond donors (Lipinski definition) is 4. The zero-order valence-electron chi connectivity index (χ0n) is 17.2. The molecule has 32 heavy (non-hydrogen) atoms. The topological polar surface area (TPSA) is 147 Å². The first-order valence-corrected chi connectivity index (χ1v) is 9.61. The van der Waals surface area contributed by atoms with Gasteiger partial charge in [0.15, 0.2) is 0 Å². The van der Waals surface area contributed by atoms with Crippen LogP contribution in [0.4, 0.5) is 23.7 Å². The van der Waals surface area contributed by atoms with Crippen molar-refractivity contribution in [3.05, 3.63) is 58.2 Å². The fourth-order valence-electron chi connectivity index (χ4n) is 3.88. The van der Waals surface area contributed by atoms with E-state index in [1.165, 1.54) is 25.3 Å². The third-order valence-electron chi connectivity index (χ3n) is 5.57. The lowest BCUT2D eigenvalue weighted by Gasteiger charge is -2.36. The number of halogens is 3. The summed E-state index contributed by atoms with van der Waals surface area (Å²) in [5, 5.41) is 13.4. The van der Waals surface area contributed by atoms with E-state index in [1.807, 2.05) is 6.07 Å². The van der Waals surface area contributed by atoms with Crippen LogP contribution in [-0.2, 0) is 5.54 Å². The Bertz CT molecular complexity index is 1130. The van der Waals surface area contributed by atoms with Crippen molar-refractivity contribution in [1.82, 2.24) is 10.3 Å². The minimum Gasteiger partial charge on any atom is -0.352 e. The molecule has 0 radical (unpaired) electrons. The number of urea groups is 1. The van der Waals surface area contributed by atoms with Crippen LogP contribution >= 0.6 is 0 Å². The van der Waals surface area contributed by atoms with Gasteiger partial charge in [0.25, 0.3) is 12.3 Å². The number of carbonyl (C=O) groups is 2. The smallest absolute Gasteiger partial charge is 0.313 e. The zero-order chi connectivity index (χ0) is 23.8. The lowest BCUT2D eigenvalue weighted by Crippen LogP contribution is -2.56. The fraction of sp³-hybridized carbons (Fsp3) is 0.333. The molecule has 1 aromatic carbocycles. The summed E-state index contributed by atoms with van der Waals surface area (Å²) in [6.07, 6.45) is -1.77. The molecule has 0 saturated heterocycles. The summed E-state index contributed by atoms with van der Waals surface area (Å²) in [6.45, 7) is 2.85. The van der Waals surface area contributed by atoms with Gasteiger partial charge >= 0.3 is 6.03 Å². The molecule has 1 aliphatic carbocycles. The van der Waals surface area contributed by atoms with Gasteiger partial charge in [-0.3, -0.25) is 4.79 Å². The Morgan fingerprint density at radius 2 is 1.97 bits per heavy atom. The second-order valence-corrected chi connectivity index (χ2v) is 7.75. The van der Waals surface area contributed by atoms with Crippen molar-refractivity contribution in [2.75, 3.05) is 5.32 Å². The molecule has 8 nitrogen and oxygen atoms in total. The van der Waals surface area contributed by atoms with Gasteiger partial charge in [0.1, 0.15) is 23.1 Å². The molecule has 1 heterocycles. The highest BCUT2D eigenvalue weighted by Crippen LogP contribution is 2.50. The molecule has 1 aliphatic rings. The standard InChI is InChI=1S/C21H21F3N6O2/c1-9-3-11(7-25)8-28-17(9)18(31)29-12-4-13(10(2)15(22)5-12)21(19(23)24,30-20(27)32)14-6-16(14)26/h3-5,8,14,16,19H,6,26H2,1-2H3,(H,29,31)(H3,27,30,32)/t14-,16+,21+/m0/s1. The summed E-state index contributed by atoms with van der Waals surface area (Å²) in [7, 11) is 0. The number of nitriles is 1. The summed E-state index contributed by atoms with van der Waals surface area (Å²) < 4.78 is 43.5. The SMILES string of the molecule is Cc1cc(C#N)cnc1C(=O)Nc1cc(F)c(C)c([C@](NC(N)=O)(C(F)F)[C@H]2C[C@H]2N)c1. The zero-order valence-corrected chi connectivity index (χ0v) is 17.2. The van der Waals surface area contributed by atoms with Gasteiger partial charge in [-0.1, -0.05) is 0 Å². The third kappa shape index (κ3) is 4.09. The van der Waals surface area contributed by atoms with Crippen molar-refractivity contribution in [1.29, 1.82) is 5.26 Å². The van der Waals surface area contributed by atoms with Crippen molar-refractivity contribution < 1.29 is 22.8 Å². The first kappa shape index (κ1) is 23.0. The van der Waals surface area contributed by atoms with Crippen LogP contribution in [0.25, 0.3) is 0 Å². The molecule has 0 bridgehead atoms. The molecule has 1 aromatic heterocycles. The molecule has 6 N–H and O–H groups in total. The Labute approximate surface area is 181 Å². The maximum absolute atomic E-state index is 14.8. The van der Waals surface area contributed by atoms with Gasteiger partial charge in [-0.25, -0.2) is 22.9 Å². The molecule has 3 amide bonds. The van der Waals surface area contributed by atoms with Crippen LogP contribution < -0.4 is 22.1 Å². The molecule has 2 aromatic rings. The van der Waals surface area contributed by atoms with E-state index in [-0.39, 0.29) is 34.5 Å². The molecular weight excluding hydrogens is 425 g/mol. The average Bonchev–Trinajstić information content (AvgIpc) is 3.45. The number of carbonyl (C=O) groups excluding carboxylic acids is 2. The molecule has 1 saturated carbocycles. The molecule has 3 rings (SSSR count). The van der Waals surface area contributed by atoms with Gasteiger partial charge in [0.2, 0.25) is 0 Å². The van der Waals surface area contributed by atoms with Crippen molar-refractivity contribution in [3.8, 4) is 6.07 Å². The predicted octanol–water partition coefficient (Wildman–Crippen LogP) is 2.44. The van der Waals surface area contributed by atoms with Gasteiger partial charge in [0.05, 0.1) is 5.56 Å². The van der Waals surface area contributed by atoms with Crippen LogP contribution in [0.15, 0.2) is 24.4 Å². The molecular formula is C21H21F3N6O2. The van der Waals surface area contributed by atoms with E-state index >= 15 is 0 Å². The number of amides is 3. The van der Waals surface area contributed by atoms with Gasteiger partial charge in [0, 0.05) is 23.8 Å². The average molecular weight is 446 g/mol. The molecule has 0 unspecified atom stereocenters. The molecule has 11 heteroatoms. The third-order valence-corrected chi connectivity index (χ3v) is 5.57. The maximum atomic E-state index is 14.8. The number of alkyl halides is 2. The quantitative estimate of drug-likeness (QED) is 0.538. The van der Waals surface area contributed by atoms with Crippen molar-refractivity contribution in [2.45, 2.75) is 38.3 Å². The second kappa shape index (κ2) is 8.47. The number of aromatic nitrogens is 1. The van der Waals surface area contributed by atoms with Crippen LogP contribution in [0.1, 0.15) is 39.2 Å². The number of aryl methyl sites for hydroxylation is 1. The van der Waals surface area contributed by atoms with Crippen LogP contribution in [0.2, 0.25) is 0 Å². The fourth-order valence-corrected chi connectivity index (χ4v) is 3.88. The number of nitrogens with two attached hydrogens (primary N) is 2. The van der Waals surface area contributed by atoms with Crippen LogP contribution in [0, 0.1) is 36.9 Å². The van der Waals surface area contributed by atoms with Crippen LogP contribution in [0.5, 0.6) is 0 Å². The number of pyridine rings is 1. The summed E-state index contributed by atoms with van der Waals surface area (Å²) in [5.41, 5.74) is 8.80. The van der Waals surface area contributed by atoms with Crippen molar-refractivity contribution in [3.63, 3.8) is 0 Å². The highest BCUT2D eigenvalue weighted by Gasteiger charge is 2.59. The Morgan fingerprint density at radius 1 is 1.31 bits per heavy atom. The monoisotopic (exact) mass is 446 g/mol. The molecule has 168 valence electrons. The predicted molar refractivity (Wildman–Crippen MR) is 109 cm³/mol. The number of rotatable bonds is 6. The number of anilines is 1. The van der Waals surface area contributed by atoms with Crippen LogP contribution in [-0.4, -0.2) is 29.4 Å². The van der Waals surface area contributed by atoms with Gasteiger partial charge in [-0.2, -0.15) is 5.26 Å². The Kier molecular flexibility index (Phi) is 6.09. The largest absolute Gasteiger partial charge is 0.352 e. The lowest BCUT2D eigenvalue weighted by atomic mass is 9.81. The minimum atomic E-state index is -3.15. The van der Waals surface area contributed by atoms with E-state index < -0.39 is 41.7 Å². The van der Waals surface area contributed by atoms with Gasteiger partial charge < -0.3 is 22.1 Å². The van der Waals surface area contributed by atoms with Crippen molar-refractivity contribution in [2.24, 2.45) is 17.4 Å². The van der Waals surface area contributed by atoms with E-state index in [0.29, 0.717) is 5.56 Å². The highest BCUT2D eigenvalue weighted by atomic mass is 19.3. The first-order chi connectivity index (χ1) is 15.0. The van der Waals surface area contributed by atoms with Gasteiger partial charge in [-0.05, 0) is 55.2 Å². The number of nitrogens with zero attached hydrogens (tertiary/aromatic N) is 2.